The molecule has 0 bridgehead atoms. The van der Waals surface area contributed by atoms with E-state index in [4.69, 9.17) is 0 Å². The molecule has 0 unspecified atom stereocenters. The van der Waals surface area contributed by atoms with E-state index in [1.54, 1.807) is 0 Å². The van der Waals surface area contributed by atoms with Crippen LogP contribution in [0, 0.1) is 0 Å². The quantitative estimate of drug-likeness (QED) is 0.704. The fraction of sp³-hybridized carbons (Fsp3) is 0.273. The largest absolute Gasteiger partial charge is 0.320 e. The fourth-order valence-electron chi connectivity index (χ4n) is 3.64. The maximum absolute atomic E-state index is 13.0. The summed E-state index contributed by atoms with van der Waals surface area (Å²) in [5, 5.41) is 11.1. The maximum atomic E-state index is 13.0. The Hall–Kier alpha value is -2.92. The number of anilines is 1. The highest BCUT2D eigenvalue weighted by Gasteiger charge is 2.27. The lowest BCUT2D eigenvalue weighted by Gasteiger charge is -2.11. The smallest absolute Gasteiger partial charge is 0.276 e. The first-order valence-corrected chi connectivity index (χ1v) is 9.54. The lowest BCUT2D eigenvalue weighted by Crippen LogP contribution is -2.18. The summed E-state index contributed by atoms with van der Waals surface area (Å²) in [4.78, 5) is 13.0. The summed E-state index contributed by atoms with van der Waals surface area (Å²) < 4.78 is 1.93. The van der Waals surface area contributed by atoms with Crippen LogP contribution in [0.15, 0.2) is 54.6 Å². The number of para-hydroxylation sites is 2. The number of rotatable bonds is 6. The van der Waals surface area contributed by atoms with Crippen LogP contribution in [-0.2, 0) is 19.4 Å². The van der Waals surface area contributed by atoms with E-state index in [2.05, 4.69) is 22.7 Å². The molecule has 0 spiro atoms. The third kappa shape index (κ3) is 3.51. The molecule has 5 heteroatoms. The van der Waals surface area contributed by atoms with E-state index in [1.165, 1.54) is 0 Å². The normalized spacial score (nSPS) is 12.8. The number of hydrogen-bond acceptors (Lipinski definition) is 3. The van der Waals surface area contributed by atoms with E-state index in [-0.39, 0.29) is 5.91 Å². The van der Waals surface area contributed by atoms with E-state index in [1.807, 2.05) is 59.3 Å². The summed E-state index contributed by atoms with van der Waals surface area (Å²) in [5.74, 6) is -0.133. The standard InChI is InChI=1S/C22H24N4O/c1-2-23-15-16-9-6-7-13-19(16)24-22(27)21-18-12-8-14-20(18)26(25-21)17-10-4-3-5-11-17/h3-7,9-11,13,23H,2,8,12,14-15H2,1H3,(H,24,27). The Morgan fingerprint density at radius 2 is 1.85 bits per heavy atom. The molecular formula is C22H24N4O. The number of carbonyl (C=O) groups is 1. The molecule has 0 fully saturated rings. The van der Waals surface area contributed by atoms with Crippen LogP contribution in [0.5, 0.6) is 0 Å². The van der Waals surface area contributed by atoms with Crippen LogP contribution in [0.4, 0.5) is 5.69 Å². The van der Waals surface area contributed by atoms with E-state index in [9.17, 15) is 4.79 Å². The highest BCUT2D eigenvalue weighted by Crippen LogP contribution is 2.28. The van der Waals surface area contributed by atoms with Gasteiger partial charge >= 0.3 is 0 Å². The number of hydrogen-bond donors (Lipinski definition) is 2. The Morgan fingerprint density at radius 1 is 1.07 bits per heavy atom. The Morgan fingerprint density at radius 3 is 2.67 bits per heavy atom. The molecular weight excluding hydrogens is 336 g/mol. The van der Waals surface area contributed by atoms with Gasteiger partial charge in [0.1, 0.15) is 0 Å². The molecule has 3 aromatic rings. The minimum atomic E-state index is -0.133. The Labute approximate surface area is 159 Å². The Kier molecular flexibility index (Phi) is 5.03. The molecule has 1 heterocycles. The van der Waals surface area contributed by atoms with Crippen LogP contribution in [-0.4, -0.2) is 22.2 Å². The van der Waals surface area contributed by atoms with Gasteiger partial charge in [0.15, 0.2) is 5.69 Å². The van der Waals surface area contributed by atoms with Crippen LogP contribution >= 0.6 is 0 Å². The number of nitrogens with one attached hydrogen (secondary N) is 2. The Balaban J connectivity index is 1.64. The van der Waals surface area contributed by atoms with Gasteiger partial charge in [-0.2, -0.15) is 5.10 Å². The van der Waals surface area contributed by atoms with Crippen molar-refractivity contribution < 1.29 is 4.79 Å². The summed E-state index contributed by atoms with van der Waals surface area (Å²) in [5.41, 5.74) is 5.70. The molecule has 27 heavy (non-hydrogen) atoms. The van der Waals surface area contributed by atoms with Gasteiger partial charge in [0.05, 0.1) is 5.69 Å². The van der Waals surface area contributed by atoms with Crippen LogP contribution in [0.2, 0.25) is 0 Å². The minimum Gasteiger partial charge on any atom is -0.320 e. The summed E-state index contributed by atoms with van der Waals surface area (Å²) in [6.45, 7) is 3.68. The molecule has 5 nitrogen and oxygen atoms in total. The summed E-state index contributed by atoms with van der Waals surface area (Å²) in [6.07, 6.45) is 2.93. The van der Waals surface area contributed by atoms with Crippen molar-refractivity contribution in [2.45, 2.75) is 32.7 Å². The van der Waals surface area contributed by atoms with Crippen molar-refractivity contribution in [2.75, 3.05) is 11.9 Å². The molecule has 2 aromatic carbocycles. The van der Waals surface area contributed by atoms with Gasteiger partial charge in [0, 0.05) is 23.5 Å². The zero-order valence-corrected chi connectivity index (χ0v) is 15.5. The minimum absolute atomic E-state index is 0.133. The molecule has 138 valence electrons. The molecule has 0 saturated carbocycles. The van der Waals surface area contributed by atoms with Crippen molar-refractivity contribution >= 4 is 11.6 Å². The van der Waals surface area contributed by atoms with E-state index in [0.29, 0.717) is 5.69 Å². The number of aromatic nitrogens is 2. The van der Waals surface area contributed by atoms with Crippen molar-refractivity contribution in [3.63, 3.8) is 0 Å². The van der Waals surface area contributed by atoms with Gasteiger partial charge in [-0.1, -0.05) is 43.3 Å². The molecule has 0 saturated heterocycles. The van der Waals surface area contributed by atoms with Gasteiger partial charge in [-0.05, 0) is 49.6 Å². The van der Waals surface area contributed by atoms with E-state index in [0.717, 1.165) is 60.5 Å². The fourth-order valence-corrected chi connectivity index (χ4v) is 3.64. The number of amides is 1. The summed E-state index contributed by atoms with van der Waals surface area (Å²) in [6, 6.07) is 17.9. The third-order valence-corrected chi connectivity index (χ3v) is 4.98. The summed E-state index contributed by atoms with van der Waals surface area (Å²) >= 11 is 0. The van der Waals surface area contributed by atoms with Gasteiger partial charge in [0.2, 0.25) is 0 Å². The number of carbonyl (C=O) groups excluding carboxylic acids is 1. The predicted octanol–water partition coefficient (Wildman–Crippen LogP) is 3.72. The molecule has 0 radical (unpaired) electrons. The number of fused-ring (bicyclic) bond motifs is 1. The highest BCUT2D eigenvalue weighted by atomic mass is 16.2. The van der Waals surface area contributed by atoms with Crippen LogP contribution < -0.4 is 10.6 Å². The third-order valence-electron chi connectivity index (χ3n) is 4.98. The van der Waals surface area contributed by atoms with Crippen molar-refractivity contribution in [1.29, 1.82) is 0 Å². The van der Waals surface area contributed by atoms with Gasteiger partial charge in [-0.3, -0.25) is 4.79 Å². The van der Waals surface area contributed by atoms with Crippen LogP contribution in [0.1, 0.15) is 40.7 Å². The number of nitrogens with zero attached hydrogens (tertiary/aromatic N) is 2. The van der Waals surface area contributed by atoms with E-state index >= 15 is 0 Å². The van der Waals surface area contributed by atoms with Crippen LogP contribution in [0.3, 0.4) is 0 Å². The first-order valence-electron chi connectivity index (χ1n) is 9.54. The van der Waals surface area contributed by atoms with Crippen molar-refractivity contribution in [3.8, 4) is 5.69 Å². The first kappa shape index (κ1) is 17.5. The molecule has 1 aliphatic carbocycles. The molecule has 4 rings (SSSR count). The second kappa shape index (κ2) is 7.76. The molecule has 1 aromatic heterocycles. The van der Waals surface area contributed by atoms with Crippen LogP contribution in [0.25, 0.3) is 5.69 Å². The molecule has 1 aliphatic rings. The second-order valence-electron chi connectivity index (χ2n) is 6.77. The highest BCUT2D eigenvalue weighted by molar-refractivity contribution is 6.04. The molecule has 0 atom stereocenters. The topological polar surface area (TPSA) is 58.9 Å². The Bertz CT molecular complexity index is 946. The van der Waals surface area contributed by atoms with Gasteiger partial charge < -0.3 is 10.6 Å². The van der Waals surface area contributed by atoms with Crippen molar-refractivity contribution in [3.05, 3.63) is 77.1 Å². The van der Waals surface area contributed by atoms with Gasteiger partial charge in [-0.25, -0.2) is 4.68 Å². The monoisotopic (exact) mass is 360 g/mol. The van der Waals surface area contributed by atoms with Crippen molar-refractivity contribution in [2.24, 2.45) is 0 Å². The van der Waals surface area contributed by atoms with Gasteiger partial charge in [0.25, 0.3) is 5.91 Å². The lowest BCUT2D eigenvalue weighted by molar-refractivity contribution is 0.102. The molecule has 2 N–H and O–H groups in total. The van der Waals surface area contributed by atoms with Gasteiger partial charge in [-0.15, -0.1) is 0 Å². The zero-order valence-electron chi connectivity index (χ0n) is 15.5. The van der Waals surface area contributed by atoms with Crippen molar-refractivity contribution in [1.82, 2.24) is 15.1 Å². The SMILES string of the molecule is CCNCc1ccccc1NC(=O)c1nn(-c2ccccc2)c2c1CCC2. The molecule has 0 aliphatic heterocycles. The average molecular weight is 360 g/mol. The maximum Gasteiger partial charge on any atom is 0.276 e. The second-order valence-corrected chi connectivity index (χ2v) is 6.77. The average Bonchev–Trinajstić information content (AvgIpc) is 3.30. The predicted molar refractivity (Wildman–Crippen MR) is 107 cm³/mol. The molecule has 1 amide bonds. The summed E-state index contributed by atoms with van der Waals surface area (Å²) in [7, 11) is 0. The first-order chi connectivity index (χ1) is 13.3. The van der Waals surface area contributed by atoms with E-state index < -0.39 is 0 Å². The lowest BCUT2D eigenvalue weighted by atomic mass is 10.1. The number of benzene rings is 2. The zero-order chi connectivity index (χ0) is 18.6.